The van der Waals surface area contributed by atoms with Gasteiger partial charge in [-0.2, -0.15) is 0 Å². The van der Waals surface area contributed by atoms with Gasteiger partial charge in [-0.05, 0) is 20.3 Å². The first-order valence-corrected chi connectivity index (χ1v) is 6.98. The number of hydrogen-bond donors (Lipinski definition) is 2. The molecule has 0 saturated carbocycles. The number of pyridine rings is 1. The van der Waals surface area contributed by atoms with E-state index in [1.165, 1.54) is 0 Å². The molecule has 9 heteroatoms. The van der Waals surface area contributed by atoms with Crippen molar-refractivity contribution < 1.29 is 19.6 Å². The Bertz CT molecular complexity index is 665. The van der Waals surface area contributed by atoms with Crippen LogP contribution in [0.3, 0.4) is 0 Å². The number of nitro groups is 1. The highest BCUT2D eigenvalue weighted by atomic mass is 16.6. The number of carbonyl (C=O) groups is 2. The van der Waals surface area contributed by atoms with E-state index < -0.39 is 21.9 Å². The summed E-state index contributed by atoms with van der Waals surface area (Å²) in [6.07, 6.45) is 1.35. The molecular weight excluding hydrogens is 306 g/mol. The number of carboxylic acid groups (broad SMARTS) is 1. The predicted molar refractivity (Wildman–Crippen MR) is 81.0 cm³/mol. The molecule has 0 fully saturated rings. The summed E-state index contributed by atoms with van der Waals surface area (Å²) in [5.41, 5.74) is -1.66. The number of amides is 1. The van der Waals surface area contributed by atoms with Crippen molar-refractivity contribution in [2.75, 3.05) is 6.54 Å². The molecule has 0 aromatic carbocycles. The summed E-state index contributed by atoms with van der Waals surface area (Å²) >= 11 is 0. The number of aromatic nitrogens is 1. The molecule has 0 saturated heterocycles. The molecule has 0 bridgehead atoms. The van der Waals surface area contributed by atoms with Crippen LogP contribution in [0.4, 0.5) is 5.69 Å². The van der Waals surface area contributed by atoms with Gasteiger partial charge in [0.1, 0.15) is 0 Å². The van der Waals surface area contributed by atoms with E-state index in [-0.39, 0.29) is 31.1 Å². The Morgan fingerprint density at radius 2 is 2.04 bits per heavy atom. The van der Waals surface area contributed by atoms with Crippen LogP contribution in [0.1, 0.15) is 26.7 Å². The highest BCUT2D eigenvalue weighted by Gasteiger charge is 2.28. The number of aliphatic carboxylic acids is 1. The predicted octanol–water partition coefficient (Wildman–Crippen LogP) is 0.764. The smallest absolute Gasteiger partial charge is 0.303 e. The fourth-order valence-corrected chi connectivity index (χ4v) is 1.93. The molecule has 23 heavy (non-hydrogen) atoms. The summed E-state index contributed by atoms with van der Waals surface area (Å²) in [4.78, 5) is 44.5. The van der Waals surface area contributed by atoms with E-state index in [0.717, 1.165) is 22.9 Å². The van der Waals surface area contributed by atoms with E-state index in [1.807, 2.05) is 0 Å². The Balaban J connectivity index is 2.75. The summed E-state index contributed by atoms with van der Waals surface area (Å²) in [6.45, 7) is 3.38. The van der Waals surface area contributed by atoms with Gasteiger partial charge in [-0.15, -0.1) is 0 Å². The quantitative estimate of drug-likeness (QED) is 0.412. The number of nitrogens with one attached hydrogen (secondary N) is 1. The number of carboxylic acids is 1. The maximum atomic E-state index is 12.1. The molecule has 1 aromatic rings. The van der Waals surface area contributed by atoms with E-state index in [1.54, 1.807) is 13.8 Å². The molecule has 0 spiro atoms. The van der Waals surface area contributed by atoms with Crippen LogP contribution in [0.25, 0.3) is 0 Å². The van der Waals surface area contributed by atoms with Crippen molar-refractivity contribution in [1.29, 1.82) is 0 Å². The summed E-state index contributed by atoms with van der Waals surface area (Å²) < 4.78 is 1.12. The number of rotatable bonds is 8. The molecule has 9 nitrogen and oxygen atoms in total. The van der Waals surface area contributed by atoms with E-state index >= 15 is 0 Å². The standard InChI is InChI=1S/C14H19N3O6/c1-14(2,13(21)15-7-3-4-12(19)20)9-16-8-10(17(22)23)5-6-11(16)18/h5-6,8H,3-4,7,9H2,1-2H3,(H,15,21)(H,19,20). The molecular formula is C14H19N3O6. The fraction of sp³-hybridized carbons (Fsp3) is 0.500. The van der Waals surface area contributed by atoms with Crippen LogP contribution in [0.2, 0.25) is 0 Å². The Labute approximate surface area is 132 Å². The maximum Gasteiger partial charge on any atom is 0.303 e. The minimum absolute atomic E-state index is 0.0295. The highest BCUT2D eigenvalue weighted by Crippen LogP contribution is 2.18. The first-order chi connectivity index (χ1) is 10.6. The number of nitrogens with zero attached hydrogens (tertiary/aromatic N) is 2. The Morgan fingerprint density at radius 3 is 2.61 bits per heavy atom. The third kappa shape index (κ3) is 5.53. The van der Waals surface area contributed by atoms with Crippen molar-refractivity contribution in [1.82, 2.24) is 9.88 Å². The van der Waals surface area contributed by atoms with Gasteiger partial charge >= 0.3 is 5.97 Å². The van der Waals surface area contributed by atoms with Crippen LogP contribution in [-0.2, 0) is 16.1 Å². The zero-order chi connectivity index (χ0) is 17.6. The molecule has 2 N–H and O–H groups in total. The second kappa shape index (κ2) is 7.52. The molecule has 0 atom stereocenters. The Morgan fingerprint density at radius 1 is 1.39 bits per heavy atom. The Kier molecular flexibility index (Phi) is 6.00. The lowest BCUT2D eigenvalue weighted by Gasteiger charge is -2.24. The van der Waals surface area contributed by atoms with Crippen molar-refractivity contribution in [3.05, 3.63) is 38.8 Å². The average molecular weight is 325 g/mol. The lowest BCUT2D eigenvalue weighted by molar-refractivity contribution is -0.385. The molecule has 0 aliphatic rings. The Hall–Kier alpha value is -2.71. The second-order valence-corrected chi connectivity index (χ2v) is 5.75. The SMILES string of the molecule is CC(C)(Cn1cc([N+](=O)[O-])ccc1=O)C(=O)NCCCC(=O)O. The monoisotopic (exact) mass is 325 g/mol. The van der Waals surface area contributed by atoms with Crippen LogP contribution >= 0.6 is 0 Å². The largest absolute Gasteiger partial charge is 0.481 e. The third-order valence-electron chi connectivity index (χ3n) is 3.21. The molecule has 0 aliphatic carbocycles. The van der Waals surface area contributed by atoms with Gasteiger partial charge in [0.2, 0.25) is 5.91 Å². The van der Waals surface area contributed by atoms with Crippen molar-refractivity contribution >= 4 is 17.6 Å². The molecule has 1 amide bonds. The molecule has 1 heterocycles. The fourth-order valence-electron chi connectivity index (χ4n) is 1.93. The zero-order valence-electron chi connectivity index (χ0n) is 12.9. The van der Waals surface area contributed by atoms with Gasteiger partial charge in [-0.1, -0.05) is 0 Å². The zero-order valence-corrected chi connectivity index (χ0v) is 12.9. The molecule has 0 aliphatic heterocycles. The van der Waals surface area contributed by atoms with Crippen LogP contribution in [0, 0.1) is 15.5 Å². The van der Waals surface area contributed by atoms with Gasteiger partial charge in [0, 0.05) is 31.6 Å². The molecule has 0 unspecified atom stereocenters. The molecule has 1 rings (SSSR count). The topological polar surface area (TPSA) is 132 Å². The number of carbonyl (C=O) groups excluding carboxylic acids is 1. The van der Waals surface area contributed by atoms with Gasteiger partial charge in [0.15, 0.2) is 0 Å². The number of hydrogen-bond acceptors (Lipinski definition) is 5. The summed E-state index contributed by atoms with van der Waals surface area (Å²) in [5.74, 6) is -1.30. The van der Waals surface area contributed by atoms with Gasteiger partial charge < -0.3 is 15.0 Å². The summed E-state index contributed by atoms with van der Waals surface area (Å²) in [5, 5.41) is 21.9. The second-order valence-electron chi connectivity index (χ2n) is 5.75. The van der Waals surface area contributed by atoms with Crippen LogP contribution in [0.15, 0.2) is 23.1 Å². The average Bonchev–Trinajstić information content (AvgIpc) is 2.44. The normalized spacial score (nSPS) is 11.0. The highest BCUT2D eigenvalue weighted by molar-refractivity contribution is 5.81. The van der Waals surface area contributed by atoms with E-state index in [2.05, 4.69) is 5.32 Å². The van der Waals surface area contributed by atoms with Crippen molar-refractivity contribution in [3.8, 4) is 0 Å². The maximum absolute atomic E-state index is 12.1. The molecule has 126 valence electrons. The van der Waals surface area contributed by atoms with Gasteiger partial charge in [-0.25, -0.2) is 0 Å². The first-order valence-electron chi connectivity index (χ1n) is 6.98. The molecule has 0 radical (unpaired) electrons. The van der Waals surface area contributed by atoms with Crippen LogP contribution in [0.5, 0.6) is 0 Å². The summed E-state index contributed by atoms with van der Waals surface area (Å²) in [7, 11) is 0. The van der Waals surface area contributed by atoms with E-state index in [4.69, 9.17) is 5.11 Å². The van der Waals surface area contributed by atoms with Gasteiger partial charge in [0.05, 0.1) is 16.5 Å². The van der Waals surface area contributed by atoms with E-state index in [0.29, 0.717) is 6.42 Å². The van der Waals surface area contributed by atoms with Gasteiger partial charge in [-0.3, -0.25) is 24.5 Å². The van der Waals surface area contributed by atoms with E-state index in [9.17, 15) is 24.5 Å². The van der Waals surface area contributed by atoms with Crippen molar-refractivity contribution in [2.24, 2.45) is 5.41 Å². The van der Waals surface area contributed by atoms with Crippen LogP contribution in [-0.4, -0.2) is 33.0 Å². The summed E-state index contributed by atoms with van der Waals surface area (Å²) in [6, 6.07) is 2.19. The third-order valence-corrected chi connectivity index (χ3v) is 3.21. The van der Waals surface area contributed by atoms with Crippen molar-refractivity contribution in [3.63, 3.8) is 0 Å². The van der Waals surface area contributed by atoms with Gasteiger partial charge in [0.25, 0.3) is 11.2 Å². The molecule has 1 aromatic heterocycles. The first kappa shape index (κ1) is 18.3. The lowest BCUT2D eigenvalue weighted by atomic mass is 9.92. The minimum Gasteiger partial charge on any atom is -0.481 e. The van der Waals surface area contributed by atoms with Crippen molar-refractivity contribution in [2.45, 2.75) is 33.2 Å². The van der Waals surface area contributed by atoms with Crippen LogP contribution < -0.4 is 10.9 Å². The lowest BCUT2D eigenvalue weighted by Crippen LogP contribution is -2.41. The minimum atomic E-state index is -0.984.